The van der Waals surface area contributed by atoms with Crippen molar-refractivity contribution >= 4 is 0 Å². The van der Waals surface area contributed by atoms with Gasteiger partial charge in [-0.25, -0.2) is 0 Å². The second-order valence-electron chi connectivity index (χ2n) is 4.42. The SMILES string of the molecule is C[N+](C)(C)Cc1ccc(CO)cc1. The Balaban J connectivity index is 2.70. The quantitative estimate of drug-likeness (QED) is 0.697. The number of hydrogen-bond acceptors (Lipinski definition) is 1. The summed E-state index contributed by atoms with van der Waals surface area (Å²) in [7, 11) is 6.50. The van der Waals surface area contributed by atoms with Crippen LogP contribution in [0.1, 0.15) is 11.1 Å². The van der Waals surface area contributed by atoms with Crippen LogP contribution in [0.25, 0.3) is 0 Å². The van der Waals surface area contributed by atoms with Gasteiger partial charge in [0.2, 0.25) is 0 Å². The number of aliphatic hydroxyl groups is 1. The van der Waals surface area contributed by atoms with Gasteiger partial charge in [-0.2, -0.15) is 0 Å². The van der Waals surface area contributed by atoms with E-state index in [1.807, 2.05) is 12.1 Å². The van der Waals surface area contributed by atoms with E-state index in [-0.39, 0.29) is 6.61 Å². The minimum atomic E-state index is 0.130. The monoisotopic (exact) mass is 180 g/mol. The highest BCUT2D eigenvalue weighted by Gasteiger charge is 2.07. The van der Waals surface area contributed by atoms with Crippen LogP contribution in [0.15, 0.2) is 24.3 Å². The van der Waals surface area contributed by atoms with Gasteiger partial charge in [0.1, 0.15) is 6.54 Å². The summed E-state index contributed by atoms with van der Waals surface area (Å²) in [5.74, 6) is 0. The molecule has 0 bridgehead atoms. The van der Waals surface area contributed by atoms with Gasteiger partial charge in [0, 0.05) is 5.56 Å². The molecule has 0 spiro atoms. The molecule has 0 aromatic heterocycles. The zero-order valence-corrected chi connectivity index (χ0v) is 8.62. The summed E-state index contributed by atoms with van der Waals surface area (Å²) in [5, 5.41) is 8.86. The Labute approximate surface area is 80.0 Å². The first-order valence-corrected chi connectivity index (χ1v) is 4.50. The molecule has 0 aliphatic carbocycles. The van der Waals surface area contributed by atoms with Crippen LogP contribution in [-0.4, -0.2) is 30.7 Å². The molecular weight excluding hydrogens is 162 g/mol. The first-order valence-electron chi connectivity index (χ1n) is 4.50. The second-order valence-corrected chi connectivity index (χ2v) is 4.42. The lowest BCUT2D eigenvalue weighted by molar-refractivity contribution is -0.884. The Morgan fingerprint density at radius 2 is 1.46 bits per heavy atom. The summed E-state index contributed by atoms with van der Waals surface area (Å²) in [6, 6.07) is 8.11. The van der Waals surface area contributed by atoms with Gasteiger partial charge in [0.05, 0.1) is 27.7 Å². The van der Waals surface area contributed by atoms with Crippen LogP contribution in [0.2, 0.25) is 0 Å². The molecule has 72 valence electrons. The minimum Gasteiger partial charge on any atom is -0.392 e. The van der Waals surface area contributed by atoms with E-state index >= 15 is 0 Å². The maximum Gasteiger partial charge on any atom is 0.104 e. The molecule has 0 aliphatic rings. The number of hydrogen-bond donors (Lipinski definition) is 1. The van der Waals surface area contributed by atoms with Crippen molar-refractivity contribution in [2.45, 2.75) is 13.2 Å². The summed E-state index contributed by atoms with van der Waals surface area (Å²) in [6.45, 7) is 1.15. The van der Waals surface area contributed by atoms with Crippen molar-refractivity contribution in [3.05, 3.63) is 35.4 Å². The third-order valence-electron chi connectivity index (χ3n) is 1.86. The number of nitrogens with zero attached hydrogens (tertiary/aromatic N) is 1. The molecular formula is C11H18NO+. The highest BCUT2D eigenvalue weighted by atomic mass is 16.3. The molecule has 1 N–H and O–H groups in total. The molecule has 2 nitrogen and oxygen atoms in total. The summed E-state index contributed by atoms with van der Waals surface area (Å²) >= 11 is 0. The van der Waals surface area contributed by atoms with Crippen LogP contribution in [0.5, 0.6) is 0 Å². The van der Waals surface area contributed by atoms with E-state index in [4.69, 9.17) is 5.11 Å². The fourth-order valence-electron chi connectivity index (χ4n) is 1.30. The fraction of sp³-hybridized carbons (Fsp3) is 0.455. The first kappa shape index (κ1) is 10.2. The molecule has 0 amide bonds. The van der Waals surface area contributed by atoms with Crippen molar-refractivity contribution in [2.75, 3.05) is 21.1 Å². The Bertz CT molecular complexity index is 258. The number of benzene rings is 1. The standard InChI is InChI=1S/C11H18NO/c1-12(2,3)8-10-4-6-11(9-13)7-5-10/h4-7,13H,8-9H2,1-3H3/q+1. The van der Waals surface area contributed by atoms with Crippen molar-refractivity contribution < 1.29 is 9.59 Å². The highest BCUT2D eigenvalue weighted by Crippen LogP contribution is 2.08. The van der Waals surface area contributed by atoms with Crippen molar-refractivity contribution in [3.8, 4) is 0 Å². The highest BCUT2D eigenvalue weighted by molar-refractivity contribution is 5.21. The van der Waals surface area contributed by atoms with E-state index in [9.17, 15) is 0 Å². The van der Waals surface area contributed by atoms with Gasteiger partial charge in [-0.05, 0) is 5.56 Å². The Kier molecular flexibility index (Phi) is 3.07. The molecule has 0 fully saturated rings. The van der Waals surface area contributed by atoms with Crippen LogP contribution in [-0.2, 0) is 13.2 Å². The van der Waals surface area contributed by atoms with Crippen LogP contribution in [0, 0.1) is 0 Å². The van der Waals surface area contributed by atoms with Gasteiger partial charge >= 0.3 is 0 Å². The van der Waals surface area contributed by atoms with E-state index < -0.39 is 0 Å². The van der Waals surface area contributed by atoms with Crippen LogP contribution in [0.4, 0.5) is 0 Å². The fourth-order valence-corrected chi connectivity index (χ4v) is 1.30. The predicted octanol–water partition coefficient (Wildman–Crippen LogP) is 1.39. The lowest BCUT2D eigenvalue weighted by atomic mass is 10.1. The van der Waals surface area contributed by atoms with Gasteiger partial charge < -0.3 is 9.59 Å². The molecule has 0 aliphatic heterocycles. The lowest BCUT2D eigenvalue weighted by Crippen LogP contribution is -2.33. The van der Waals surface area contributed by atoms with Crippen molar-refractivity contribution in [1.82, 2.24) is 0 Å². The maximum atomic E-state index is 8.86. The van der Waals surface area contributed by atoms with Crippen molar-refractivity contribution in [1.29, 1.82) is 0 Å². The molecule has 1 aromatic carbocycles. The smallest absolute Gasteiger partial charge is 0.104 e. The van der Waals surface area contributed by atoms with Gasteiger partial charge in [-0.1, -0.05) is 24.3 Å². The van der Waals surface area contributed by atoms with Gasteiger partial charge in [0.15, 0.2) is 0 Å². The topological polar surface area (TPSA) is 20.2 Å². The zero-order valence-electron chi connectivity index (χ0n) is 8.62. The molecule has 0 saturated heterocycles. The molecule has 0 atom stereocenters. The van der Waals surface area contributed by atoms with Crippen LogP contribution >= 0.6 is 0 Å². The largest absolute Gasteiger partial charge is 0.392 e. The van der Waals surface area contributed by atoms with E-state index in [0.29, 0.717) is 0 Å². The van der Waals surface area contributed by atoms with Crippen LogP contribution < -0.4 is 0 Å². The molecule has 0 saturated carbocycles. The predicted molar refractivity (Wildman–Crippen MR) is 54.1 cm³/mol. The molecule has 0 radical (unpaired) electrons. The summed E-state index contributed by atoms with van der Waals surface area (Å²) < 4.78 is 0.929. The minimum absolute atomic E-state index is 0.130. The average Bonchev–Trinajstić information content (AvgIpc) is 2.03. The number of quaternary nitrogens is 1. The van der Waals surface area contributed by atoms with Gasteiger partial charge in [0.25, 0.3) is 0 Å². The molecule has 1 aromatic rings. The summed E-state index contributed by atoms with van der Waals surface area (Å²) in [5.41, 5.74) is 2.29. The normalized spacial score (nSPS) is 11.7. The Morgan fingerprint density at radius 1 is 1.00 bits per heavy atom. The van der Waals surface area contributed by atoms with E-state index in [1.165, 1.54) is 5.56 Å². The number of rotatable bonds is 3. The van der Waals surface area contributed by atoms with E-state index in [1.54, 1.807) is 0 Å². The maximum absolute atomic E-state index is 8.86. The Hall–Kier alpha value is -0.860. The van der Waals surface area contributed by atoms with Gasteiger partial charge in [-0.15, -0.1) is 0 Å². The number of aliphatic hydroxyl groups excluding tert-OH is 1. The average molecular weight is 180 g/mol. The van der Waals surface area contributed by atoms with E-state index in [0.717, 1.165) is 16.6 Å². The summed E-state index contributed by atoms with van der Waals surface area (Å²) in [6.07, 6.45) is 0. The molecule has 0 unspecified atom stereocenters. The third-order valence-corrected chi connectivity index (χ3v) is 1.86. The van der Waals surface area contributed by atoms with Crippen molar-refractivity contribution in [2.24, 2.45) is 0 Å². The van der Waals surface area contributed by atoms with E-state index in [2.05, 4.69) is 33.3 Å². The second kappa shape index (κ2) is 3.90. The summed E-state index contributed by atoms with van der Waals surface area (Å²) in [4.78, 5) is 0. The van der Waals surface area contributed by atoms with Crippen molar-refractivity contribution in [3.63, 3.8) is 0 Å². The molecule has 2 heteroatoms. The van der Waals surface area contributed by atoms with Crippen LogP contribution in [0.3, 0.4) is 0 Å². The van der Waals surface area contributed by atoms with Gasteiger partial charge in [-0.3, -0.25) is 0 Å². The lowest BCUT2D eigenvalue weighted by Gasteiger charge is -2.23. The first-order chi connectivity index (χ1) is 6.01. The molecule has 13 heavy (non-hydrogen) atoms. The molecule has 1 rings (SSSR count). The Morgan fingerprint density at radius 3 is 1.85 bits per heavy atom. The zero-order chi connectivity index (χ0) is 9.90. The molecule has 0 heterocycles. The third kappa shape index (κ3) is 3.57.